The lowest BCUT2D eigenvalue weighted by molar-refractivity contribution is -0.336. The van der Waals surface area contributed by atoms with Crippen LogP contribution in [0.3, 0.4) is 0 Å². The van der Waals surface area contributed by atoms with E-state index in [9.17, 15) is 29.4 Å². The molecule has 2 fully saturated rings. The van der Waals surface area contributed by atoms with E-state index >= 15 is 0 Å². The summed E-state index contributed by atoms with van der Waals surface area (Å²) in [5, 5.41) is 21.6. The molecule has 0 aromatic heterocycles. The van der Waals surface area contributed by atoms with Crippen LogP contribution in [0.15, 0.2) is 29.3 Å². The van der Waals surface area contributed by atoms with Crippen LogP contribution in [0.4, 0.5) is 0 Å². The third kappa shape index (κ3) is 2.76. The number of Topliss-reactive ketones (excluding diaryl/α,β-unsaturated/α-hetero) is 2. The van der Waals surface area contributed by atoms with Crippen LogP contribution in [0.2, 0.25) is 0 Å². The molecule has 2 saturated heterocycles. The molecule has 5 rings (SSSR count). The van der Waals surface area contributed by atoms with E-state index < -0.39 is 65.6 Å². The van der Waals surface area contributed by atoms with Gasteiger partial charge in [-0.3, -0.25) is 19.2 Å². The number of fused-ring (bicyclic) bond motifs is 4. The number of aliphatic hydroxyl groups is 1. The molecule has 3 aliphatic heterocycles. The molecule has 32 heavy (non-hydrogen) atoms. The summed E-state index contributed by atoms with van der Waals surface area (Å²) in [6, 6.07) is 4.06. The largest absolute Gasteiger partial charge is 0.507 e. The minimum atomic E-state index is -2.20. The molecular weight excluding hydrogens is 424 g/mol. The molecule has 0 radical (unpaired) electrons. The molecule has 1 unspecified atom stereocenters. The zero-order valence-corrected chi connectivity index (χ0v) is 17.2. The molecule has 1 spiro atoms. The highest BCUT2D eigenvalue weighted by Crippen LogP contribution is 2.51. The van der Waals surface area contributed by atoms with Gasteiger partial charge in [-0.2, -0.15) is 0 Å². The number of esters is 2. The molecule has 6 atom stereocenters. The summed E-state index contributed by atoms with van der Waals surface area (Å²) in [5.74, 6) is -5.37. The normalized spacial score (nSPS) is 35.8. The molecule has 1 aromatic rings. The molecule has 0 bridgehead atoms. The van der Waals surface area contributed by atoms with Crippen LogP contribution in [0.25, 0.3) is 0 Å². The van der Waals surface area contributed by atoms with Gasteiger partial charge in [-0.1, -0.05) is 12.1 Å². The fraction of sp³-hybridized carbons (Fsp3) is 0.455. The van der Waals surface area contributed by atoms with Crippen LogP contribution in [-0.2, 0) is 28.5 Å². The van der Waals surface area contributed by atoms with Gasteiger partial charge in [-0.05, 0) is 13.0 Å². The van der Waals surface area contributed by atoms with Crippen molar-refractivity contribution >= 4 is 23.5 Å². The fourth-order valence-corrected chi connectivity index (χ4v) is 5.01. The van der Waals surface area contributed by atoms with Crippen molar-refractivity contribution in [2.24, 2.45) is 0 Å². The monoisotopic (exact) mass is 444 g/mol. The summed E-state index contributed by atoms with van der Waals surface area (Å²) < 4.78 is 22.6. The number of carbonyl (C=O) groups excluding carboxylic acids is 4. The molecule has 3 heterocycles. The van der Waals surface area contributed by atoms with E-state index in [0.717, 1.165) is 0 Å². The highest BCUT2D eigenvalue weighted by atomic mass is 16.7. The SMILES string of the molecule is CC(=O)OC1C[C@@H](C)O[C@]2(O[C@@H]3CC(=O)O[C@@H]3C3=C2C(=O)c2c(O)cccc2C3=O)[C@@H]1O. The Morgan fingerprint density at radius 2 is 1.94 bits per heavy atom. The van der Waals surface area contributed by atoms with Crippen molar-refractivity contribution in [2.45, 2.75) is 63.0 Å². The Morgan fingerprint density at radius 1 is 1.19 bits per heavy atom. The Labute approximate surface area is 181 Å². The maximum absolute atomic E-state index is 13.7. The summed E-state index contributed by atoms with van der Waals surface area (Å²) in [5.41, 5.74) is -0.837. The average molecular weight is 444 g/mol. The van der Waals surface area contributed by atoms with Gasteiger partial charge >= 0.3 is 11.9 Å². The average Bonchev–Trinajstić information content (AvgIpc) is 3.08. The molecule has 2 N–H and O–H groups in total. The van der Waals surface area contributed by atoms with E-state index in [1.165, 1.54) is 25.1 Å². The molecule has 10 nitrogen and oxygen atoms in total. The number of ketones is 2. The Hall–Kier alpha value is -3.08. The second-order valence-electron chi connectivity index (χ2n) is 8.34. The van der Waals surface area contributed by atoms with Gasteiger partial charge in [0.05, 0.1) is 29.2 Å². The second-order valence-corrected chi connectivity index (χ2v) is 8.34. The predicted molar refractivity (Wildman–Crippen MR) is 103 cm³/mol. The molecule has 10 heteroatoms. The van der Waals surface area contributed by atoms with Crippen molar-refractivity contribution in [3.63, 3.8) is 0 Å². The number of phenolic OH excluding ortho intramolecular Hbond substituents is 1. The number of ether oxygens (including phenoxy) is 4. The molecule has 0 saturated carbocycles. The number of rotatable bonds is 1. The summed E-state index contributed by atoms with van der Waals surface area (Å²) in [4.78, 5) is 50.8. The van der Waals surface area contributed by atoms with E-state index in [4.69, 9.17) is 18.9 Å². The molecular formula is C22H20O10. The quantitative estimate of drug-likeness (QED) is 0.590. The van der Waals surface area contributed by atoms with Crippen molar-refractivity contribution < 1.29 is 48.3 Å². The van der Waals surface area contributed by atoms with Gasteiger partial charge < -0.3 is 29.2 Å². The summed E-state index contributed by atoms with van der Waals surface area (Å²) in [6.07, 6.45) is -5.73. The van der Waals surface area contributed by atoms with Crippen molar-refractivity contribution in [3.8, 4) is 5.75 Å². The number of benzene rings is 1. The van der Waals surface area contributed by atoms with Gasteiger partial charge in [0.1, 0.15) is 24.1 Å². The van der Waals surface area contributed by atoms with Crippen LogP contribution in [0.5, 0.6) is 5.75 Å². The van der Waals surface area contributed by atoms with Crippen LogP contribution >= 0.6 is 0 Å². The first-order valence-corrected chi connectivity index (χ1v) is 10.2. The maximum atomic E-state index is 13.7. The van der Waals surface area contributed by atoms with E-state index in [1.54, 1.807) is 6.92 Å². The van der Waals surface area contributed by atoms with Gasteiger partial charge in [0.15, 0.2) is 17.7 Å². The number of hydrogen-bond donors (Lipinski definition) is 2. The lowest BCUT2D eigenvalue weighted by Crippen LogP contribution is -2.66. The highest BCUT2D eigenvalue weighted by molar-refractivity contribution is 6.29. The number of phenols is 1. The Balaban J connectivity index is 1.75. The Kier molecular flexibility index (Phi) is 4.52. The lowest BCUT2D eigenvalue weighted by Gasteiger charge is -2.51. The third-order valence-corrected chi connectivity index (χ3v) is 6.18. The van der Waals surface area contributed by atoms with Crippen LogP contribution in [0.1, 0.15) is 47.4 Å². The minimum absolute atomic E-state index is 0.0533. The zero-order chi connectivity index (χ0) is 22.9. The Morgan fingerprint density at radius 3 is 2.66 bits per heavy atom. The third-order valence-electron chi connectivity index (χ3n) is 6.18. The number of hydrogen-bond acceptors (Lipinski definition) is 10. The van der Waals surface area contributed by atoms with E-state index in [0.29, 0.717) is 0 Å². The second kappa shape index (κ2) is 6.96. The van der Waals surface area contributed by atoms with Gasteiger partial charge in [0.25, 0.3) is 0 Å². The first kappa shape index (κ1) is 20.8. The summed E-state index contributed by atoms with van der Waals surface area (Å²) in [6.45, 7) is 2.81. The topological polar surface area (TPSA) is 146 Å². The van der Waals surface area contributed by atoms with Gasteiger partial charge in [-0.25, -0.2) is 0 Å². The molecule has 168 valence electrons. The number of aromatic hydroxyl groups is 1. The van der Waals surface area contributed by atoms with E-state index in [1.807, 2.05) is 0 Å². The lowest BCUT2D eigenvalue weighted by atomic mass is 9.73. The molecule has 1 aliphatic carbocycles. The first-order chi connectivity index (χ1) is 15.1. The van der Waals surface area contributed by atoms with Crippen molar-refractivity contribution in [1.82, 2.24) is 0 Å². The molecule has 1 aromatic carbocycles. The molecule has 0 amide bonds. The fourth-order valence-electron chi connectivity index (χ4n) is 5.01. The number of carbonyl (C=O) groups is 4. The molecule has 4 aliphatic rings. The van der Waals surface area contributed by atoms with Crippen LogP contribution in [-0.4, -0.2) is 70.0 Å². The highest BCUT2D eigenvalue weighted by Gasteiger charge is 2.65. The van der Waals surface area contributed by atoms with E-state index in [2.05, 4.69) is 0 Å². The first-order valence-electron chi connectivity index (χ1n) is 10.2. The summed E-state index contributed by atoms with van der Waals surface area (Å²) in [7, 11) is 0. The number of aliphatic hydroxyl groups excluding tert-OH is 1. The van der Waals surface area contributed by atoms with Crippen LogP contribution < -0.4 is 0 Å². The van der Waals surface area contributed by atoms with Crippen molar-refractivity contribution in [1.29, 1.82) is 0 Å². The van der Waals surface area contributed by atoms with Crippen LogP contribution in [0, 0.1) is 0 Å². The van der Waals surface area contributed by atoms with Crippen molar-refractivity contribution in [3.05, 3.63) is 40.5 Å². The van der Waals surface area contributed by atoms with Gasteiger partial charge in [0, 0.05) is 18.9 Å². The van der Waals surface area contributed by atoms with Crippen molar-refractivity contribution in [2.75, 3.05) is 0 Å². The Bertz CT molecular complexity index is 1100. The van der Waals surface area contributed by atoms with Gasteiger partial charge in [0.2, 0.25) is 5.79 Å². The summed E-state index contributed by atoms with van der Waals surface area (Å²) >= 11 is 0. The van der Waals surface area contributed by atoms with Gasteiger partial charge in [-0.15, -0.1) is 0 Å². The predicted octanol–water partition coefficient (Wildman–Crippen LogP) is 0.580. The zero-order valence-electron chi connectivity index (χ0n) is 17.2. The standard InChI is InChI=1S/C22H20O10/c1-8-6-13(29-9(2)23)21(28)22(31-8)17-16(20-12(32-22)7-14(25)30-20)18(26)10-4-3-5-11(24)15(10)19(17)27/h3-5,8,12-13,20-21,24,28H,6-7H2,1-2H3/t8-,12-,13?,20+,21-,22-/m1/s1. The smallest absolute Gasteiger partial charge is 0.309 e. The minimum Gasteiger partial charge on any atom is -0.507 e. The van der Waals surface area contributed by atoms with E-state index in [-0.39, 0.29) is 35.1 Å². The maximum Gasteiger partial charge on any atom is 0.309 e.